The van der Waals surface area contributed by atoms with E-state index in [1.54, 1.807) is 11.7 Å². The Morgan fingerprint density at radius 2 is 1.85 bits per heavy atom. The van der Waals surface area contributed by atoms with Crippen LogP contribution in [0.25, 0.3) is 11.2 Å². The maximum atomic E-state index is 13.1. The maximum Gasteiger partial charge on any atom is 0.340 e. The Labute approximate surface area is 202 Å². The van der Waals surface area contributed by atoms with Gasteiger partial charge in [0, 0.05) is 18.0 Å². The fourth-order valence-corrected chi connectivity index (χ4v) is 4.10. The highest BCUT2D eigenvalue weighted by Gasteiger charge is 2.19. The van der Waals surface area contributed by atoms with E-state index >= 15 is 0 Å². The van der Waals surface area contributed by atoms with Crippen LogP contribution in [-0.4, -0.2) is 25.6 Å². The Balaban J connectivity index is 1.75. The van der Waals surface area contributed by atoms with Crippen molar-refractivity contribution < 1.29 is 4.74 Å². The number of fused-ring (bicyclic) bond motifs is 1. The van der Waals surface area contributed by atoms with E-state index in [-0.39, 0.29) is 5.69 Å². The van der Waals surface area contributed by atoms with Gasteiger partial charge in [0.1, 0.15) is 17.1 Å². The fourth-order valence-electron chi connectivity index (χ4n) is 3.69. The number of aromatic nitrogens is 4. The van der Waals surface area contributed by atoms with E-state index in [1.807, 2.05) is 49.4 Å². The number of thiol groups is 1. The third-order valence-electron chi connectivity index (χ3n) is 5.45. The molecule has 0 saturated heterocycles. The number of nitrogens with one attached hydrogen (secondary N) is 1. The maximum absolute atomic E-state index is 13.1. The van der Waals surface area contributed by atoms with Gasteiger partial charge in [-0.3, -0.25) is 4.57 Å². The lowest BCUT2D eigenvalue weighted by molar-refractivity contribution is 0.414. The zero-order valence-electron chi connectivity index (χ0n) is 18.8. The van der Waals surface area contributed by atoms with E-state index in [1.165, 1.54) is 3.97 Å². The first-order chi connectivity index (χ1) is 15.9. The minimum atomic E-state index is -0.267. The monoisotopic (exact) mass is 483 g/mol. The van der Waals surface area contributed by atoms with Crippen LogP contribution in [0.15, 0.2) is 47.3 Å². The summed E-state index contributed by atoms with van der Waals surface area (Å²) in [5.41, 5.74) is 3.82. The molecule has 4 rings (SSSR count). The van der Waals surface area contributed by atoms with Crippen molar-refractivity contribution in [3.63, 3.8) is 0 Å². The highest BCUT2D eigenvalue weighted by Crippen LogP contribution is 2.24. The topological polar surface area (TPSA) is 74.0 Å². The number of rotatable bonds is 8. The van der Waals surface area contributed by atoms with Crippen molar-refractivity contribution in [3.8, 4) is 5.75 Å². The van der Waals surface area contributed by atoms with Crippen LogP contribution in [0, 0.1) is 6.92 Å². The van der Waals surface area contributed by atoms with Gasteiger partial charge in [0.15, 0.2) is 11.5 Å². The van der Waals surface area contributed by atoms with Gasteiger partial charge < -0.3 is 10.1 Å². The van der Waals surface area contributed by atoms with Crippen LogP contribution in [0.2, 0.25) is 5.02 Å². The lowest BCUT2D eigenvalue weighted by Crippen LogP contribution is -2.21. The number of halogens is 1. The second kappa shape index (κ2) is 9.89. The van der Waals surface area contributed by atoms with Crippen molar-refractivity contribution in [1.29, 1.82) is 0 Å². The molecule has 0 saturated carbocycles. The Morgan fingerprint density at radius 3 is 2.52 bits per heavy atom. The first-order valence-electron chi connectivity index (χ1n) is 10.7. The number of benzene rings is 2. The predicted octanol–water partition coefficient (Wildman–Crippen LogP) is 4.87. The Bertz CT molecular complexity index is 1350. The number of anilines is 1. The van der Waals surface area contributed by atoms with Crippen LogP contribution in [-0.2, 0) is 19.5 Å². The van der Waals surface area contributed by atoms with Gasteiger partial charge in [-0.15, -0.1) is 0 Å². The summed E-state index contributed by atoms with van der Waals surface area (Å²) in [5, 5.41) is 4.07. The van der Waals surface area contributed by atoms with E-state index in [0.717, 1.165) is 28.9 Å². The van der Waals surface area contributed by atoms with Crippen molar-refractivity contribution in [3.05, 3.63) is 80.5 Å². The molecule has 0 aliphatic heterocycles. The summed E-state index contributed by atoms with van der Waals surface area (Å²) in [6, 6.07) is 13.5. The molecular weight excluding hydrogens is 458 g/mol. The van der Waals surface area contributed by atoms with Crippen molar-refractivity contribution in [2.45, 2.75) is 39.8 Å². The SMILES string of the molecule is CCCc1nc(NCc2ccc(OC)cc2)c2c(n1)n(Cc1ccc(Cl)c(C)c1)c(=O)n2S. The third kappa shape index (κ3) is 4.86. The first kappa shape index (κ1) is 23.2. The fraction of sp³-hybridized carbons (Fsp3) is 0.292. The summed E-state index contributed by atoms with van der Waals surface area (Å²) >= 11 is 10.6. The minimum Gasteiger partial charge on any atom is -0.497 e. The number of ether oxygens (including phenoxy) is 1. The van der Waals surface area contributed by atoms with Gasteiger partial charge in [-0.2, -0.15) is 0 Å². The molecule has 33 heavy (non-hydrogen) atoms. The summed E-state index contributed by atoms with van der Waals surface area (Å²) in [7, 11) is 1.64. The predicted molar refractivity (Wildman–Crippen MR) is 136 cm³/mol. The average molecular weight is 484 g/mol. The zero-order valence-corrected chi connectivity index (χ0v) is 20.5. The molecule has 0 amide bonds. The van der Waals surface area contributed by atoms with Crippen LogP contribution in [0.5, 0.6) is 5.75 Å². The van der Waals surface area contributed by atoms with Crippen LogP contribution >= 0.6 is 24.4 Å². The quantitative estimate of drug-likeness (QED) is 0.350. The van der Waals surface area contributed by atoms with Crippen molar-refractivity contribution >= 4 is 41.4 Å². The Kier molecular flexibility index (Phi) is 6.95. The van der Waals surface area contributed by atoms with Gasteiger partial charge in [0.2, 0.25) is 0 Å². The molecule has 4 aromatic rings. The summed E-state index contributed by atoms with van der Waals surface area (Å²) < 4.78 is 8.17. The molecule has 2 aromatic heterocycles. The molecule has 0 unspecified atom stereocenters. The molecule has 7 nitrogen and oxygen atoms in total. The van der Waals surface area contributed by atoms with Crippen molar-refractivity contribution in [2.24, 2.45) is 0 Å². The number of hydrogen-bond donors (Lipinski definition) is 2. The molecule has 0 radical (unpaired) electrons. The standard InChI is InChI=1S/C24H26ClN5O2S/c1-4-5-20-27-22(26-13-16-6-9-18(32-3)10-7-16)21-23(28-20)29(24(31)30(21)33)14-17-8-11-19(25)15(2)12-17/h6-12,33H,4-5,13-14H2,1-3H3,(H,26,27,28). The van der Waals surface area contributed by atoms with Crippen LogP contribution in [0.4, 0.5) is 5.82 Å². The molecule has 0 aliphatic rings. The molecule has 2 aromatic carbocycles. The lowest BCUT2D eigenvalue weighted by Gasteiger charge is -2.11. The van der Waals surface area contributed by atoms with Gasteiger partial charge >= 0.3 is 5.69 Å². The smallest absolute Gasteiger partial charge is 0.340 e. The molecule has 2 heterocycles. The molecule has 9 heteroatoms. The molecular formula is C24H26ClN5O2S. The molecule has 0 bridgehead atoms. The molecule has 0 atom stereocenters. The lowest BCUT2D eigenvalue weighted by atomic mass is 10.1. The normalized spacial score (nSPS) is 11.2. The Morgan fingerprint density at radius 1 is 1.12 bits per heavy atom. The summed E-state index contributed by atoms with van der Waals surface area (Å²) in [6.07, 6.45) is 1.60. The largest absolute Gasteiger partial charge is 0.497 e. The number of methoxy groups -OCH3 is 1. The third-order valence-corrected chi connectivity index (χ3v) is 6.24. The van der Waals surface area contributed by atoms with Crippen molar-refractivity contribution in [1.82, 2.24) is 18.5 Å². The summed E-state index contributed by atoms with van der Waals surface area (Å²) in [5.74, 6) is 2.06. The second-order valence-electron chi connectivity index (χ2n) is 7.88. The highest BCUT2D eigenvalue weighted by atomic mass is 35.5. The minimum absolute atomic E-state index is 0.267. The van der Waals surface area contributed by atoms with Gasteiger partial charge in [-0.05, 0) is 48.2 Å². The van der Waals surface area contributed by atoms with E-state index in [2.05, 4.69) is 25.1 Å². The highest BCUT2D eigenvalue weighted by molar-refractivity contribution is 7.78. The van der Waals surface area contributed by atoms with Gasteiger partial charge in [-0.1, -0.05) is 55.6 Å². The first-order valence-corrected chi connectivity index (χ1v) is 11.5. The van der Waals surface area contributed by atoms with E-state index in [0.29, 0.717) is 47.3 Å². The molecule has 0 fully saturated rings. The van der Waals surface area contributed by atoms with E-state index < -0.39 is 0 Å². The van der Waals surface area contributed by atoms with E-state index in [9.17, 15) is 4.79 Å². The second-order valence-corrected chi connectivity index (χ2v) is 8.68. The number of hydrogen-bond acceptors (Lipinski definition) is 6. The van der Waals surface area contributed by atoms with E-state index in [4.69, 9.17) is 26.3 Å². The zero-order chi connectivity index (χ0) is 23.5. The number of imidazole rings is 1. The van der Waals surface area contributed by atoms with Crippen LogP contribution < -0.4 is 15.7 Å². The van der Waals surface area contributed by atoms with Gasteiger partial charge in [-0.25, -0.2) is 18.7 Å². The molecule has 172 valence electrons. The van der Waals surface area contributed by atoms with Gasteiger partial charge in [0.25, 0.3) is 0 Å². The Hall–Kier alpha value is -2.97. The number of aryl methyl sites for hydroxylation is 2. The summed E-state index contributed by atoms with van der Waals surface area (Å²) in [4.78, 5) is 22.5. The van der Waals surface area contributed by atoms with Crippen LogP contribution in [0.1, 0.15) is 35.9 Å². The summed E-state index contributed by atoms with van der Waals surface area (Å²) in [6.45, 7) is 4.91. The molecule has 0 aliphatic carbocycles. The molecule has 1 N–H and O–H groups in total. The van der Waals surface area contributed by atoms with Gasteiger partial charge in [0.05, 0.1) is 13.7 Å². The van der Waals surface area contributed by atoms with Crippen molar-refractivity contribution in [2.75, 3.05) is 12.4 Å². The molecule has 0 spiro atoms. The van der Waals surface area contributed by atoms with Crippen LogP contribution in [0.3, 0.4) is 0 Å². The average Bonchev–Trinajstić information content (AvgIpc) is 3.05. The number of nitrogens with zero attached hydrogens (tertiary/aromatic N) is 4.